The van der Waals surface area contributed by atoms with E-state index in [0.29, 0.717) is 19.2 Å². The molecule has 1 aliphatic heterocycles. The summed E-state index contributed by atoms with van der Waals surface area (Å²) in [6.07, 6.45) is -6.63. The summed E-state index contributed by atoms with van der Waals surface area (Å²) in [4.78, 5) is 16.1. The predicted molar refractivity (Wildman–Crippen MR) is 69.0 cm³/mol. The van der Waals surface area contributed by atoms with Gasteiger partial charge < -0.3 is 10.2 Å². The molecule has 0 unspecified atom stereocenters. The Morgan fingerprint density at radius 3 is 2.68 bits per heavy atom. The molecule has 1 saturated heterocycles. The lowest BCUT2D eigenvalue weighted by atomic mass is 10.2. The van der Waals surface area contributed by atoms with Crippen LogP contribution in [-0.4, -0.2) is 36.4 Å². The fourth-order valence-corrected chi connectivity index (χ4v) is 2.44. The lowest BCUT2D eigenvalue weighted by molar-refractivity contribution is -0.137. The third-order valence-corrected chi connectivity index (χ3v) is 3.46. The van der Waals surface area contributed by atoms with Gasteiger partial charge in [0.05, 0.1) is 10.6 Å². The smallest absolute Gasteiger partial charge is 0.353 e. The Kier molecular flexibility index (Phi) is 4.74. The molecule has 0 radical (unpaired) electrons. The van der Waals surface area contributed by atoms with Crippen LogP contribution in [0.2, 0.25) is 5.02 Å². The summed E-state index contributed by atoms with van der Waals surface area (Å²) in [5.41, 5.74) is -0.969. The van der Waals surface area contributed by atoms with Crippen molar-refractivity contribution in [3.63, 3.8) is 0 Å². The molecule has 4 nitrogen and oxygen atoms in total. The molecule has 122 valence electrons. The largest absolute Gasteiger partial charge is 0.417 e. The van der Waals surface area contributed by atoms with E-state index in [1.54, 1.807) is 4.90 Å². The number of carbonyl (C=O) groups excluding carboxylic acids is 1. The Balaban J connectivity index is 2.06. The molecule has 1 aromatic heterocycles. The number of aromatic nitrogens is 1. The molecule has 2 rings (SSSR count). The molecule has 1 amide bonds. The van der Waals surface area contributed by atoms with Crippen molar-refractivity contribution in [3.8, 4) is 0 Å². The topological polar surface area (TPSA) is 45.2 Å². The van der Waals surface area contributed by atoms with Gasteiger partial charge in [-0.05, 0) is 12.5 Å². The number of nitrogens with zero attached hydrogens (tertiary/aromatic N) is 2. The molecular formula is C12H11ClF5N3O. The zero-order valence-corrected chi connectivity index (χ0v) is 11.8. The van der Waals surface area contributed by atoms with Gasteiger partial charge in [-0.3, -0.25) is 4.79 Å². The molecule has 0 aliphatic carbocycles. The van der Waals surface area contributed by atoms with Crippen LogP contribution in [0.4, 0.5) is 27.8 Å². The average Bonchev–Trinajstić information content (AvgIpc) is 2.85. The number of carbonyl (C=O) groups is 1. The molecule has 2 heterocycles. The number of pyridine rings is 1. The normalized spacial score (nSPS) is 18.9. The van der Waals surface area contributed by atoms with E-state index >= 15 is 0 Å². The highest BCUT2D eigenvalue weighted by Crippen LogP contribution is 2.34. The number of alkyl halides is 5. The van der Waals surface area contributed by atoms with Crippen LogP contribution in [0.5, 0.6) is 0 Å². The molecule has 1 N–H and O–H groups in total. The van der Waals surface area contributed by atoms with E-state index in [1.165, 1.54) is 0 Å². The second kappa shape index (κ2) is 6.23. The quantitative estimate of drug-likeness (QED) is 0.858. The van der Waals surface area contributed by atoms with Crippen LogP contribution in [0.25, 0.3) is 0 Å². The first-order valence-electron chi connectivity index (χ1n) is 6.24. The molecule has 1 fully saturated rings. The SMILES string of the molecule is O=C(N[C@H]1CCN(c2ncc(C(F)(F)F)cc2Cl)C1)C(F)F. The standard InChI is InChI=1S/C12H11ClF5N3O/c13-8-3-6(12(16,17)18)4-19-10(8)21-2-1-7(5-21)20-11(22)9(14)15/h3-4,7,9H,1-2,5H2,(H,20,22)/t7-/m0/s1. The molecule has 1 atom stereocenters. The Hall–Kier alpha value is -1.64. The summed E-state index contributed by atoms with van der Waals surface area (Å²) < 4.78 is 61.9. The Bertz CT molecular complexity index is 566. The fraction of sp³-hybridized carbons (Fsp3) is 0.500. The maximum absolute atomic E-state index is 12.5. The molecule has 0 bridgehead atoms. The third-order valence-electron chi connectivity index (χ3n) is 3.18. The highest BCUT2D eigenvalue weighted by Gasteiger charge is 2.33. The van der Waals surface area contributed by atoms with Gasteiger partial charge in [0.2, 0.25) is 0 Å². The summed E-state index contributed by atoms with van der Waals surface area (Å²) in [5.74, 6) is -1.25. The first-order valence-corrected chi connectivity index (χ1v) is 6.62. The Labute approximate surface area is 127 Å². The summed E-state index contributed by atoms with van der Waals surface area (Å²) in [6, 6.07) is 0.233. The molecule has 0 saturated carbocycles. The fourth-order valence-electron chi connectivity index (χ4n) is 2.15. The van der Waals surface area contributed by atoms with Gasteiger partial charge in [-0.15, -0.1) is 0 Å². The van der Waals surface area contributed by atoms with Gasteiger partial charge in [-0.2, -0.15) is 22.0 Å². The van der Waals surface area contributed by atoms with Crippen molar-refractivity contribution >= 4 is 23.3 Å². The van der Waals surface area contributed by atoms with Crippen molar-refractivity contribution in [2.75, 3.05) is 18.0 Å². The van der Waals surface area contributed by atoms with Crippen molar-refractivity contribution in [2.24, 2.45) is 0 Å². The molecule has 1 aliphatic rings. The van der Waals surface area contributed by atoms with Gasteiger partial charge in [0.1, 0.15) is 5.82 Å². The van der Waals surface area contributed by atoms with E-state index in [1.807, 2.05) is 0 Å². The molecular weight excluding hydrogens is 333 g/mol. The number of hydrogen-bond donors (Lipinski definition) is 1. The number of hydrogen-bond acceptors (Lipinski definition) is 3. The van der Waals surface area contributed by atoms with Crippen molar-refractivity contribution < 1.29 is 26.7 Å². The first-order chi connectivity index (χ1) is 10.2. The average molecular weight is 344 g/mol. The van der Waals surface area contributed by atoms with Crippen LogP contribution in [0.15, 0.2) is 12.3 Å². The second-order valence-electron chi connectivity index (χ2n) is 4.77. The van der Waals surface area contributed by atoms with E-state index in [-0.39, 0.29) is 17.4 Å². The molecule has 10 heteroatoms. The number of rotatable bonds is 3. The zero-order valence-electron chi connectivity index (χ0n) is 11.0. The zero-order chi connectivity index (χ0) is 16.5. The number of amides is 1. The lowest BCUT2D eigenvalue weighted by Crippen LogP contribution is -2.40. The van der Waals surface area contributed by atoms with Gasteiger partial charge in [-0.1, -0.05) is 11.6 Å². The highest BCUT2D eigenvalue weighted by atomic mass is 35.5. The van der Waals surface area contributed by atoms with E-state index in [0.717, 1.165) is 6.07 Å². The maximum Gasteiger partial charge on any atom is 0.417 e. The van der Waals surface area contributed by atoms with Crippen molar-refractivity contribution in [1.29, 1.82) is 0 Å². The maximum atomic E-state index is 12.5. The van der Waals surface area contributed by atoms with Crippen LogP contribution < -0.4 is 10.2 Å². The molecule has 0 aromatic carbocycles. The third kappa shape index (κ3) is 3.76. The van der Waals surface area contributed by atoms with Gasteiger partial charge >= 0.3 is 12.6 Å². The van der Waals surface area contributed by atoms with Gasteiger partial charge in [0.15, 0.2) is 0 Å². The van der Waals surface area contributed by atoms with Crippen LogP contribution in [-0.2, 0) is 11.0 Å². The van der Waals surface area contributed by atoms with Crippen LogP contribution in [0, 0.1) is 0 Å². The van der Waals surface area contributed by atoms with Crippen molar-refractivity contribution in [3.05, 3.63) is 22.8 Å². The summed E-state index contributed by atoms with van der Waals surface area (Å²) in [7, 11) is 0. The number of halogens is 6. The van der Waals surface area contributed by atoms with Crippen LogP contribution >= 0.6 is 11.6 Å². The molecule has 1 aromatic rings. The Morgan fingerprint density at radius 1 is 1.45 bits per heavy atom. The van der Waals surface area contributed by atoms with E-state index in [9.17, 15) is 26.7 Å². The highest BCUT2D eigenvalue weighted by molar-refractivity contribution is 6.33. The predicted octanol–water partition coefficient (Wildman–Crippen LogP) is 2.71. The molecule has 0 spiro atoms. The van der Waals surface area contributed by atoms with Gasteiger partial charge in [0, 0.05) is 25.3 Å². The minimum absolute atomic E-state index is 0.128. The van der Waals surface area contributed by atoms with Crippen molar-refractivity contribution in [2.45, 2.75) is 25.1 Å². The summed E-state index contributed by atoms with van der Waals surface area (Å²) >= 11 is 5.81. The van der Waals surface area contributed by atoms with E-state index in [4.69, 9.17) is 11.6 Å². The van der Waals surface area contributed by atoms with E-state index in [2.05, 4.69) is 10.3 Å². The molecule has 22 heavy (non-hydrogen) atoms. The monoisotopic (exact) mass is 343 g/mol. The van der Waals surface area contributed by atoms with Crippen LogP contribution in [0.3, 0.4) is 0 Å². The van der Waals surface area contributed by atoms with Crippen molar-refractivity contribution in [1.82, 2.24) is 10.3 Å². The summed E-state index contributed by atoms with van der Waals surface area (Å²) in [5, 5.41) is 1.97. The van der Waals surface area contributed by atoms with Crippen LogP contribution in [0.1, 0.15) is 12.0 Å². The van der Waals surface area contributed by atoms with Gasteiger partial charge in [0.25, 0.3) is 5.91 Å². The number of anilines is 1. The number of nitrogens with one attached hydrogen (secondary N) is 1. The lowest BCUT2D eigenvalue weighted by Gasteiger charge is -2.20. The summed E-state index contributed by atoms with van der Waals surface area (Å²) in [6.45, 7) is 0.489. The van der Waals surface area contributed by atoms with E-state index < -0.39 is 30.1 Å². The first kappa shape index (κ1) is 16.7. The minimum Gasteiger partial charge on any atom is -0.353 e. The second-order valence-corrected chi connectivity index (χ2v) is 5.18. The Morgan fingerprint density at radius 2 is 2.14 bits per heavy atom. The minimum atomic E-state index is -4.55. The van der Waals surface area contributed by atoms with Gasteiger partial charge in [-0.25, -0.2) is 4.98 Å².